The van der Waals surface area contributed by atoms with Gasteiger partial charge in [0.05, 0.1) is 30.9 Å². The molecule has 1 aromatic carbocycles. The van der Waals surface area contributed by atoms with E-state index in [9.17, 15) is 14.0 Å². The number of fused-ring (bicyclic) bond motifs is 1. The van der Waals surface area contributed by atoms with Gasteiger partial charge in [-0.25, -0.2) is 14.1 Å². The first-order chi connectivity index (χ1) is 17.9. The van der Waals surface area contributed by atoms with Crippen molar-refractivity contribution in [2.45, 2.75) is 26.7 Å². The topological polar surface area (TPSA) is 93.8 Å². The van der Waals surface area contributed by atoms with Crippen molar-refractivity contribution in [3.8, 4) is 16.9 Å². The highest BCUT2D eigenvalue weighted by molar-refractivity contribution is 7.15. The SMILES string of the molecule is Cc1nc2scc(CC(=O)NCCCN3CCOCC3)n2c(=O)c1-c1cc(C)n(-c2ccccc2F)n1. The molecule has 1 amide bonds. The molecule has 194 valence electrons. The summed E-state index contributed by atoms with van der Waals surface area (Å²) >= 11 is 1.32. The van der Waals surface area contributed by atoms with E-state index >= 15 is 0 Å². The molecule has 4 aromatic rings. The van der Waals surface area contributed by atoms with Gasteiger partial charge in [-0.05, 0) is 45.0 Å². The third-order valence-electron chi connectivity index (χ3n) is 6.46. The predicted octanol–water partition coefficient (Wildman–Crippen LogP) is 2.75. The van der Waals surface area contributed by atoms with Gasteiger partial charge in [-0.2, -0.15) is 5.10 Å². The number of rotatable bonds is 8. The number of aromatic nitrogens is 4. The first kappa shape index (κ1) is 25.2. The van der Waals surface area contributed by atoms with Crippen molar-refractivity contribution in [3.05, 3.63) is 69.0 Å². The molecule has 4 heterocycles. The Hall–Kier alpha value is -3.41. The molecule has 1 aliphatic rings. The van der Waals surface area contributed by atoms with Gasteiger partial charge < -0.3 is 10.1 Å². The maximum absolute atomic E-state index is 14.4. The van der Waals surface area contributed by atoms with Crippen LogP contribution in [0, 0.1) is 19.7 Å². The van der Waals surface area contributed by atoms with E-state index in [1.54, 1.807) is 43.5 Å². The molecular weight excluding hydrogens is 495 g/mol. The van der Waals surface area contributed by atoms with Gasteiger partial charge in [0.2, 0.25) is 5.91 Å². The lowest BCUT2D eigenvalue weighted by Crippen LogP contribution is -2.38. The number of aryl methyl sites for hydroxylation is 2. The average molecular weight is 525 g/mol. The van der Waals surface area contributed by atoms with Gasteiger partial charge in [-0.15, -0.1) is 11.3 Å². The number of halogens is 1. The smallest absolute Gasteiger partial charge is 0.268 e. The first-order valence-electron chi connectivity index (χ1n) is 12.3. The van der Waals surface area contributed by atoms with Gasteiger partial charge in [0, 0.05) is 36.4 Å². The number of carbonyl (C=O) groups is 1. The van der Waals surface area contributed by atoms with Crippen LogP contribution in [-0.4, -0.2) is 69.4 Å². The quantitative estimate of drug-likeness (QED) is 0.357. The standard InChI is InChI=1S/C26H29FN6O3S/c1-17-14-21(30-33(17)22-7-4-3-6-20(22)27)24-18(2)29-26-32(25(24)35)19(16-37-26)15-23(34)28-8-5-9-31-10-12-36-13-11-31/h3-4,6-7,14,16H,5,8-13,15H2,1-2H3,(H,28,34). The second-order valence-corrected chi connectivity index (χ2v) is 9.93. The number of hydrogen-bond acceptors (Lipinski definition) is 7. The van der Waals surface area contributed by atoms with Crippen LogP contribution in [-0.2, 0) is 16.0 Å². The van der Waals surface area contributed by atoms with Gasteiger partial charge in [-0.3, -0.25) is 18.9 Å². The number of ether oxygens (including phenoxy) is 1. The Morgan fingerprint density at radius 1 is 1.22 bits per heavy atom. The van der Waals surface area contributed by atoms with Crippen molar-refractivity contribution in [2.24, 2.45) is 0 Å². The van der Waals surface area contributed by atoms with Crippen molar-refractivity contribution >= 4 is 22.2 Å². The van der Waals surface area contributed by atoms with Crippen molar-refractivity contribution in [1.82, 2.24) is 29.4 Å². The fourth-order valence-corrected chi connectivity index (χ4v) is 5.50. The highest BCUT2D eigenvalue weighted by Gasteiger charge is 2.20. The zero-order valence-corrected chi connectivity index (χ0v) is 21.7. The molecule has 1 fully saturated rings. The van der Waals surface area contributed by atoms with Crippen molar-refractivity contribution in [3.63, 3.8) is 0 Å². The molecule has 1 aliphatic heterocycles. The lowest BCUT2D eigenvalue weighted by molar-refractivity contribution is -0.120. The lowest BCUT2D eigenvalue weighted by atomic mass is 10.1. The Balaban J connectivity index is 1.35. The van der Waals surface area contributed by atoms with E-state index < -0.39 is 5.82 Å². The number of thiazole rings is 1. The molecule has 0 unspecified atom stereocenters. The second kappa shape index (κ2) is 10.9. The highest BCUT2D eigenvalue weighted by atomic mass is 32.1. The molecule has 5 rings (SSSR count). The average Bonchev–Trinajstić information content (AvgIpc) is 3.46. The fourth-order valence-electron chi connectivity index (χ4n) is 4.57. The number of nitrogens with zero attached hydrogens (tertiary/aromatic N) is 5. The van der Waals surface area contributed by atoms with Crippen LogP contribution in [0.15, 0.2) is 40.5 Å². The Morgan fingerprint density at radius 2 is 2.00 bits per heavy atom. The molecule has 9 nitrogen and oxygen atoms in total. The number of hydrogen-bond donors (Lipinski definition) is 1. The summed E-state index contributed by atoms with van der Waals surface area (Å²) in [4.78, 5) is 33.7. The van der Waals surface area contributed by atoms with Gasteiger partial charge in [0.15, 0.2) is 4.96 Å². The summed E-state index contributed by atoms with van der Waals surface area (Å²) in [6.07, 6.45) is 0.926. The van der Waals surface area contributed by atoms with Gasteiger partial charge >= 0.3 is 0 Å². The molecule has 37 heavy (non-hydrogen) atoms. The molecular formula is C26H29FN6O3S. The van der Waals surface area contributed by atoms with Crippen molar-refractivity contribution < 1.29 is 13.9 Å². The molecule has 0 radical (unpaired) electrons. The van der Waals surface area contributed by atoms with Crippen LogP contribution in [0.2, 0.25) is 0 Å². The van der Waals surface area contributed by atoms with E-state index in [4.69, 9.17) is 4.74 Å². The third-order valence-corrected chi connectivity index (χ3v) is 7.34. The molecule has 0 saturated carbocycles. The summed E-state index contributed by atoms with van der Waals surface area (Å²) in [5.41, 5.74) is 2.55. The van der Waals surface area contributed by atoms with E-state index in [1.807, 2.05) is 0 Å². The predicted molar refractivity (Wildman–Crippen MR) is 140 cm³/mol. The van der Waals surface area contributed by atoms with Crippen LogP contribution in [0.4, 0.5) is 4.39 Å². The number of benzene rings is 1. The molecule has 3 aromatic heterocycles. The minimum absolute atomic E-state index is 0.0737. The van der Waals surface area contributed by atoms with Crippen LogP contribution in [0.25, 0.3) is 21.9 Å². The van der Waals surface area contributed by atoms with E-state index in [2.05, 4.69) is 20.3 Å². The summed E-state index contributed by atoms with van der Waals surface area (Å²) in [5.74, 6) is -0.547. The van der Waals surface area contributed by atoms with Gasteiger partial charge in [0.25, 0.3) is 5.56 Å². The largest absolute Gasteiger partial charge is 0.379 e. The van der Waals surface area contributed by atoms with Crippen molar-refractivity contribution in [2.75, 3.05) is 39.4 Å². The number of nitrogens with one attached hydrogen (secondary N) is 1. The monoisotopic (exact) mass is 524 g/mol. The Kier molecular flexibility index (Phi) is 7.45. The van der Waals surface area contributed by atoms with Gasteiger partial charge in [-0.1, -0.05) is 12.1 Å². The summed E-state index contributed by atoms with van der Waals surface area (Å²) in [5, 5.41) is 9.29. The van der Waals surface area contributed by atoms with Gasteiger partial charge in [0.1, 0.15) is 17.2 Å². The molecule has 11 heteroatoms. The summed E-state index contributed by atoms with van der Waals surface area (Å²) < 4.78 is 22.7. The van der Waals surface area contributed by atoms with Crippen LogP contribution >= 0.6 is 11.3 Å². The number of morpholine rings is 1. The molecule has 0 aliphatic carbocycles. The normalized spacial score (nSPS) is 14.4. The van der Waals surface area contributed by atoms with Crippen LogP contribution in [0.3, 0.4) is 0 Å². The highest BCUT2D eigenvalue weighted by Crippen LogP contribution is 2.24. The van der Waals surface area contributed by atoms with Crippen molar-refractivity contribution in [1.29, 1.82) is 0 Å². The minimum Gasteiger partial charge on any atom is -0.379 e. The van der Waals surface area contributed by atoms with E-state index in [1.165, 1.54) is 26.5 Å². The molecule has 1 N–H and O–H groups in total. The number of carbonyl (C=O) groups excluding carboxylic acids is 1. The van der Waals surface area contributed by atoms with E-state index in [0.717, 1.165) is 39.3 Å². The zero-order chi connectivity index (χ0) is 25.9. The molecule has 1 saturated heterocycles. The Bertz CT molecular complexity index is 1490. The summed E-state index contributed by atoms with van der Waals surface area (Å²) in [6, 6.07) is 8.10. The fraction of sp³-hybridized carbons (Fsp3) is 0.385. The summed E-state index contributed by atoms with van der Waals surface area (Å²) in [6.45, 7) is 8.40. The maximum Gasteiger partial charge on any atom is 0.268 e. The molecule has 0 bridgehead atoms. The van der Waals surface area contributed by atoms with Crippen LogP contribution in [0.5, 0.6) is 0 Å². The Labute approximate surface area is 217 Å². The Morgan fingerprint density at radius 3 is 2.78 bits per heavy atom. The zero-order valence-electron chi connectivity index (χ0n) is 20.9. The molecule has 0 spiro atoms. The van der Waals surface area contributed by atoms with E-state index in [0.29, 0.717) is 45.5 Å². The first-order valence-corrected chi connectivity index (χ1v) is 13.2. The third kappa shape index (κ3) is 5.34. The van der Waals surface area contributed by atoms with Crippen LogP contribution in [0.1, 0.15) is 23.5 Å². The number of amides is 1. The molecule has 0 atom stereocenters. The minimum atomic E-state index is -0.404. The van der Waals surface area contributed by atoms with E-state index in [-0.39, 0.29) is 17.9 Å². The number of para-hydroxylation sites is 1. The second-order valence-electron chi connectivity index (χ2n) is 9.09. The van der Waals surface area contributed by atoms with Crippen LogP contribution < -0.4 is 10.9 Å². The summed E-state index contributed by atoms with van der Waals surface area (Å²) in [7, 11) is 0. The lowest BCUT2D eigenvalue weighted by Gasteiger charge is -2.26. The maximum atomic E-state index is 14.4.